The third kappa shape index (κ3) is 9.21. The maximum Gasteiger partial charge on any atom is 0.335 e. The number of carbonyl (C=O) groups excluding carboxylic acids is 3. The third-order valence-corrected chi connectivity index (χ3v) is 5.37. The second-order valence-electron chi connectivity index (χ2n) is 6.90. The Morgan fingerprint density at radius 2 is 1.65 bits per heavy atom. The van der Waals surface area contributed by atoms with Gasteiger partial charge >= 0.3 is 12.0 Å². The molecule has 2 rings (SSSR count). The van der Waals surface area contributed by atoms with Gasteiger partial charge in [-0.25, -0.2) is 17.9 Å². The molecule has 3 amide bonds. The molecule has 17 heteroatoms. The molecule has 1 aromatic heterocycles. The van der Waals surface area contributed by atoms with E-state index >= 15 is 0 Å². The van der Waals surface area contributed by atoms with Crippen molar-refractivity contribution in [2.45, 2.75) is 18.7 Å². The first-order chi connectivity index (χ1) is 17.2. The number of urea groups is 1. The Bertz CT molecular complexity index is 1240. The van der Waals surface area contributed by atoms with Crippen LogP contribution in [0.1, 0.15) is 24.2 Å². The Morgan fingerprint density at radius 1 is 1.08 bits per heavy atom. The first kappa shape index (κ1) is 30.5. The predicted octanol–water partition coefficient (Wildman–Crippen LogP) is 1.18. The number of nitrogens with one attached hydrogen (secondary N) is 2. The SMILES string of the molecule is CCOC(C)=O.COc1cc(OC)nc(NC(=O)NS(=O)(=O)c2cc([N+](=O)[O-])ccc2C(=O)N(C)C)n1. The first-order valence-electron chi connectivity index (χ1n) is 10.2. The van der Waals surface area contributed by atoms with Gasteiger partial charge in [0.15, 0.2) is 0 Å². The zero-order chi connectivity index (χ0) is 28.3. The van der Waals surface area contributed by atoms with Crippen LogP contribution in [0.3, 0.4) is 0 Å². The number of methoxy groups -OCH3 is 2. The quantitative estimate of drug-likeness (QED) is 0.274. The number of non-ortho nitro benzene ring substituents is 1. The number of anilines is 1. The van der Waals surface area contributed by atoms with Gasteiger partial charge in [-0.1, -0.05) is 0 Å². The van der Waals surface area contributed by atoms with Crippen molar-refractivity contribution < 1.29 is 41.9 Å². The molecule has 0 aliphatic carbocycles. The summed E-state index contributed by atoms with van der Waals surface area (Å²) in [7, 11) is 0.644. The molecule has 0 atom stereocenters. The molecule has 0 radical (unpaired) electrons. The van der Waals surface area contributed by atoms with Crippen LogP contribution in [0.2, 0.25) is 0 Å². The zero-order valence-electron chi connectivity index (χ0n) is 20.8. The first-order valence-corrected chi connectivity index (χ1v) is 11.7. The van der Waals surface area contributed by atoms with Crippen molar-refractivity contribution in [3.8, 4) is 11.8 Å². The number of aromatic nitrogens is 2. The van der Waals surface area contributed by atoms with Crippen molar-refractivity contribution in [2.75, 3.05) is 40.2 Å². The number of nitrogens with zero attached hydrogens (tertiary/aromatic N) is 4. The van der Waals surface area contributed by atoms with Gasteiger partial charge in [-0.2, -0.15) is 9.97 Å². The van der Waals surface area contributed by atoms with E-state index in [1.54, 1.807) is 11.6 Å². The summed E-state index contributed by atoms with van der Waals surface area (Å²) in [6.07, 6.45) is 0. The molecule has 0 unspecified atom stereocenters. The molecule has 1 heterocycles. The van der Waals surface area contributed by atoms with Crippen molar-refractivity contribution in [1.29, 1.82) is 0 Å². The van der Waals surface area contributed by atoms with Crippen LogP contribution in [0.25, 0.3) is 0 Å². The molecule has 0 aliphatic heterocycles. The summed E-state index contributed by atoms with van der Waals surface area (Å²) >= 11 is 0. The number of ether oxygens (including phenoxy) is 3. The topological polar surface area (TPSA) is 209 Å². The summed E-state index contributed by atoms with van der Waals surface area (Å²) in [5.41, 5.74) is -0.952. The minimum Gasteiger partial charge on any atom is -0.481 e. The lowest BCUT2D eigenvalue weighted by atomic mass is 10.2. The highest BCUT2D eigenvalue weighted by Crippen LogP contribution is 2.23. The Morgan fingerprint density at radius 3 is 2.05 bits per heavy atom. The molecule has 0 fully saturated rings. The van der Waals surface area contributed by atoms with E-state index in [1.807, 2.05) is 0 Å². The van der Waals surface area contributed by atoms with E-state index in [2.05, 4.69) is 20.0 Å². The molecule has 2 aromatic rings. The Balaban J connectivity index is 0.00000102. The van der Waals surface area contributed by atoms with Crippen LogP contribution >= 0.6 is 0 Å². The van der Waals surface area contributed by atoms with Crippen molar-refractivity contribution in [2.24, 2.45) is 0 Å². The number of benzene rings is 1. The summed E-state index contributed by atoms with van der Waals surface area (Å²) in [6, 6.07) is 2.68. The second kappa shape index (κ2) is 13.5. The van der Waals surface area contributed by atoms with Gasteiger partial charge in [0.05, 0.1) is 37.4 Å². The molecule has 0 spiro atoms. The van der Waals surface area contributed by atoms with Crippen LogP contribution in [-0.2, 0) is 19.6 Å². The van der Waals surface area contributed by atoms with E-state index < -0.39 is 37.5 Å². The summed E-state index contributed by atoms with van der Waals surface area (Å²) in [5.74, 6) is -1.23. The maximum atomic E-state index is 12.7. The van der Waals surface area contributed by atoms with Crippen LogP contribution in [0, 0.1) is 10.1 Å². The van der Waals surface area contributed by atoms with E-state index in [-0.39, 0.29) is 29.2 Å². The molecule has 0 saturated carbocycles. The van der Waals surface area contributed by atoms with Crippen molar-refractivity contribution >= 4 is 39.6 Å². The van der Waals surface area contributed by atoms with Gasteiger partial charge in [0.1, 0.15) is 4.90 Å². The van der Waals surface area contributed by atoms with Crippen molar-refractivity contribution in [3.05, 3.63) is 39.9 Å². The number of nitro benzene ring substituents is 1. The highest BCUT2D eigenvalue weighted by molar-refractivity contribution is 7.90. The lowest BCUT2D eigenvalue weighted by molar-refractivity contribution is -0.385. The minimum atomic E-state index is -4.71. The van der Waals surface area contributed by atoms with Gasteiger partial charge < -0.3 is 19.1 Å². The Hall–Kier alpha value is -4.54. The van der Waals surface area contributed by atoms with Crippen molar-refractivity contribution in [3.63, 3.8) is 0 Å². The van der Waals surface area contributed by atoms with E-state index in [9.17, 15) is 32.9 Å². The van der Waals surface area contributed by atoms with Crippen LogP contribution in [-0.4, -0.2) is 81.0 Å². The molecule has 2 N–H and O–H groups in total. The third-order valence-electron chi connectivity index (χ3n) is 4.00. The maximum absolute atomic E-state index is 12.7. The molecule has 0 saturated heterocycles. The average Bonchev–Trinajstić information content (AvgIpc) is 2.82. The van der Waals surface area contributed by atoms with Crippen LogP contribution < -0.4 is 19.5 Å². The molecule has 16 nitrogen and oxygen atoms in total. The number of hydrogen-bond donors (Lipinski definition) is 2. The van der Waals surface area contributed by atoms with Gasteiger partial charge in [0.25, 0.3) is 21.6 Å². The van der Waals surface area contributed by atoms with E-state index in [1.165, 1.54) is 41.3 Å². The predicted molar refractivity (Wildman–Crippen MR) is 128 cm³/mol. The monoisotopic (exact) mass is 542 g/mol. The fourth-order valence-electron chi connectivity index (χ4n) is 2.44. The number of amides is 3. The number of sulfonamides is 1. The van der Waals surface area contributed by atoms with Gasteiger partial charge in [-0.05, 0) is 13.0 Å². The lowest BCUT2D eigenvalue weighted by Crippen LogP contribution is -2.36. The number of rotatable bonds is 8. The summed E-state index contributed by atoms with van der Waals surface area (Å²) in [6.45, 7) is 3.65. The highest BCUT2D eigenvalue weighted by atomic mass is 32.2. The molecule has 0 aliphatic rings. The molecule has 0 bridgehead atoms. The van der Waals surface area contributed by atoms with Gasteiger partial charge in [0, 0.05) is 33.2 Å². The van der Waals surface area contributed by atoms with E-state index in [0.717, 1.165) is 17.0 Å². The van der Waals surface area contributed by atoms with Crippen LogP contribution in [0.15, 0.2) is 29.2 Å². The van der Waals surface area contributed by atoms with Crippen molar-refractivity contribution in [1.82, 2.24) is 19.6 Å². The minimum absolute atomic E-state index is 0.0301. The zero-order valence-corrected chi connectivity index (χ0v) is 21.6. The average molecular weight is 543 g/mol. The Kier molecular flexibility index (Phi) is 11.1. The molecular weight excluding hydrogens is 516 g/mol. The molecule has 1 aromatic carbocycles. The fraction of sp³-hybridized carbons (Fsp3) is 0.350. The van der Waals surface area contributed by atoms with Gasteiger partial charge in [-0.15, -0.1) is 0 Å². The Labute approximate surface area is 212 Å². The molecule has 202 valence electrons. The number of hydrogen-bond acceptors (Lipinski definition) is 12. The fourth-order valence-corrected chi connectivity index (χ4v) is 3.57. The molecular formula is C20H26N6O10S. The summed E-state index contributed by atoms with van der Waals surface area (Å²) in [5, 5.41) is 13.1. The summed E-state index contributed by atoms with van der Waals surface area (Å²) in [4.78, 5) is 52.6. The summed E-state index contributed by atoms with van der Waals surface area (Å²) < 4.78 is 41.4. The second-order valence-corrected chi connectivity index (χ2v) is 8.55. The van der Waals surface area contributed by atoms with E-state index in [4.69, 9.17) is 9.47 Å². The standard InChI is InChI=1S/C16H18N6O8S.C4H8O2/c1-21(2)14(23)10-6-5-9(22(25)26)7-11(10)31(27,28)20-16(24)19-15-17-12(29-3)8-13(18-15)30-4;1-3-6-4(2)5/h5-8H,1-4H3,(H2,17,18,19,20,24);3H2,1-2H3. The smallest absolute Gasteiger partial charge is 0.335 e. The largest absolute Gasteiger partial charge is 0.481 e. The van der Waals surface area contributed by atoms with E-state index in [0.29, 0.717) is 12.7 Å². The number of esters is 1. The molecule has 37 heavy (non-hydrogen) atoms. The normalized spacial score (nSPS) is 10.2. The number of nitro groups is 1. The van der Waals surface area contributed by atoms with Gasteiger partial charge in [-0.3, -0.25) is 25.0 Å². The van der Waals surface area contributed by atoms with Crippen LogP contribution in [0.5, 0.6) is 11.8 Å². The van der Waals surface area contributed by atoms with Crippen LogP contribution in [0.4, 0.5) is 16.4 Å². The highest BCUT2D eigenvalue weighted by Gasteiger charge is 2.28. The number of carbonyl (C=O) groups is 3. The lowest BCUT2D eigenvalue weighted by Gasteiger charge is -2.15. The van der Waals surface area contributed by atoms with Gasteiger partial charge in [0.2, 0.25) is 17.7 Å².